The summed E-state index contributed by atoms with van der Waals surface area (Å²) in [5, 5.41) is 16.3. The minimum absolute atomic E-state index is 0.0101. The van der Waals surface area contributed by atoms with Crippen molar-refractivity contribution >= 4 is 28.1 Å². The molecule has 1 aromatic rings. The first-order valence-electron chi connectivity index (χ1n) is 6.09. The molecule has 110 valence electrons. The van der Waals surface area contributed by atoms with Gasteiger partial charge in [-0.15, -0.1) is 0 Å². The summed E-state index contributed by atoms with van der Waals surface area (Å²) >= 11 is 0. The van der Waals surface area contributed by atoms with E-state index in [0.717, 1.165) is 0 Å². The summed E-state index contributed by atoms with van der Waals surface area (Å²) in [5.74, 6) is 0.314. The maximum absolute atomic E-state index is 12.0. The number of nitrogens with one attached hydrogen (secondary N) is 2. The first kappa shape index (κ1) is 16.1. The molecule has 0 fully saturated rings. The summed E-state index contributed by atoms with van der Waals surface area (Å²) < 4.78 is 11.2. The molecule has 0 radical (unpaired) electrons. The zero-order chi connectivity index (χ0) is 15.1. The van der Waals surface area contributed by atoms with Gasteiger partial charge in [0.2, 0.25) is 0 Å². The van der Waals surface area contributed by atoms with E-state index in [9.17, 15) is 19.1 Å². The normalized spacial score (nSPS) is 11.7. The number of amides is 1. The highest BCUT2D eigenvalue weighted by Crippen LogP contribution is 2.27. The van der Waals surface area contributed by atoms with Gasteiger partial charge in [-0.1, -0.05) is 13.0 Å². The third kappa shape index (κ3) is 4.02. The molecule has 0 saturated heterocycles. The Labute approximate surface area is 119 Å². The summed E-state index contributed by atoms with van der Waals surface area (Å²) in [6, 6.07) is 4.49. The number of nitro benzene ring substituents is 1. The molecule has 0 aliphatic heterocycles. The monoisotopic (exact) mass is 299 g/mol. The lowest BCUT2D eigenvalue weighted by molar-refractivity contribution is -0.384. The molecule has 1 aromatic carbocycles. The molecule has 0 saturated carbocycles. The van der Waals surface area contributed by atoms with Gasteiger partial charge < -0.3 is 10.6 Å². The second-order valence-electron chi connectivity index (χ2n) is 3.90. The Morgan fingerprint density at radius 2 is 2.15 bits per heavy atom. The highest BCUT2D eigenvalue weighted by Gasteiger charge is 2.23. The van der Waals surface area contributed by atoms with Gasteiger partial charge in [0.05, 0.1) is 4.92 Å². The van der Waals surface area contributed by atoms with Crippen LogP contribution in [-0.4, -0.2) is 40.1 Å². The van der Waals surface area contributed by atoms with Gasteiger partial charge >= 0.3 is 5.69 Å². The molecular formula is C12H17N3O4S. The fourth-order valence-electron chi connectivity index (χ4n) is 1.64. The van der Waals surface area contributed by atoms with Crippen LogP contribution in [0.4, 0.5) is 11.4 Å². The summed E-state index contributed by atoms with van der Waals surface area (Å²) in [6.45, 7) is 2.01. The van der Waals surface area contributed by atoms with Crippen LogP contribution in [0.15, 0.2) is 18.2 Å². The van der Waals surface area contributed by atoms with Crippen molar-refractivity contribution in [1.29, 1.82) is 0 Å². The van der Waals surface area contributed by atoms with Crippen LogP contribution in [0.2, 0.25) is 0 Å². The van der Waals surface area contributed by atoms with Gasteiger partial charge in [-0.3, -0.25) is 19.1 Å². The number of nitro groups is 1. The van der Waals surface area contributed by atoms with Crippen LogP contribution in [0.1, 0.15) is 17.3 Å². The fourth-order valence-corrected chi connectivity index (χ4v) is 2.26. The number of carbonyl (C=O) groups excluding carboxylic acids is 1. The molecule has 0 aromatic heterocycles. The molecule has 1 atom stereocenters. The third-order valence-corrected chi connectivity index (χ3v) is 3.97. The summed E-state index contributed by atoms with van der Waals surface area (Å²) in [6.07, 6.45) is 0. The van der Waals surface area contributed by atoms with Crippen LogP contribution in [-0.2, 0) is 10.8 Å². The van der Waals surface area contributed by atoms with Crippen molar-refractivity contribution in [3.8, 4) is 0 Å². The highest BCUT2D eigenvalue weighted by molar-refractivity contribution is 7.84. The summed E-state index contributed by atoms with van der Waals surface area (Å²) in [4.78, 5) is 22.4. The van der Waals surface area contributed by atoms with Crippen molar-refractivity contribution in [2.24, 2.45) is 0 Å². The van der Waals surface area contributed by atoms with E-state index in [0.29, 0.717) is 11.5 Å². The Balaban J connectivity index is 2.87. The quantitative estimate of drug-likeness (QED) is 0.580. The Hall–Kier alpha value is -1.96. The summed E-state index contributed by atoms with van der Waals surface area (Å²) in [5.41, 5.74) is 0.00743. The fraction of sp³-hybridized carbons (Fsp3) is 0.417. The zero-order valence-corrected chi connectivity index (χ0v) is 12.2. The number of hydrogen-bond acceptors (Lipinski definition) is 5. The molecule has 0 spiro atoms. The van der Waals surface area contributed by atoms with Gasteiger partial charge in [0, 0.05) is 35.9 Å². The predicted octanol–water partition coefficient (Wildman–Crippen LogP) is 1.13. The predicted molar refractivity (Wildman–Crippen MR) is 78.5 cm³/mol. The standard InChI is InChI=1S/C12H17N3O4S/c1-3-20(19)8-7-14-12(16)9-5-4-6-10(13-2)11(9)15(17)18/h4-6,13H,3,7-8H2,1-2H3,(H,14,16). The van der Waals surface area contributed by atoms with Gasteiger partial charge in [-0.05, 0) is 12.1 Å². The largest absolute Gasteiger partial charge is 0.383 e. The lowest BCUT2D eigenvalue weighted by Crippen LogP contribution is -2.28. The number of rotatable bonds is 7. The van der Waals surface area contributed by atoms with Crippen molar-refractivity contribution in [3.63, 3.8) is 0 Å². The molecule has 0 heterocycles. The second kappa shape index (κ2) is 7.59. The smallest absolute Gasteiger partial charge is 0.305 e. The van der Waals surface area contributed by atoms with Crippen LogP contribution in [0.3, 0.4) is 0 Å². The molecule has 7 nitrogen and oxygen atoms in total. The average Bonchev–Trinajstić information content (AvgIpc) is 2.45. The molecular weight excluding hydrogens is 282 g/mol. The maximum atomic E-state index is 12.0. The van der Waals surface area contributed by atoms with Crippen LogP contribution in [0.5, 0.6) is 0 Å². The van der Waals surface area contributed by atoms with Crippen molar-refractivity contribution in [2.75, 3.05) is 30.4 Å². The van der Waals surface area contributed by atoms with Crippen molar-refractivity contribution in [2.45, 2.75) is 6.92 Å². The molecule has 2 N–H and O–H groups in total. The van der Waals surface area contributed by atoms with E-state index in [1.807, 2.05) is 0 Å². The first-order valence-corrected chi connectivity index (χ1v) is 7.58. The molecule has 0 aliphatic rings. The van der Waals surface area contributed by atoms with E-state index in [-0.39, 0.29) is 23.5 Å². The van der Waals surface area contributed by atoms with Crippen molar-refractivity contribution in [3.05, 3.63) is 33.9 Å². The second-order valence-corrected chi connectivity index (χ2v) is 5.76. The number of benzene rings is 1. The number of para-hydroxylation sites is 1. The van der Waals surface area contributed by atoms with E-state index >= 15 is 0 Å². The molecule has 20 heavy (non-hydrogen) atoms. The van der Waals surface area contributed by atoms with E-state index in [4.69, 9.17) is 0 Å². The van der Waals surface area contributed by atoms with Gasteiger partial charge in [0.25, 0.3) is 5.91 Å². The van der Waals surface area contributed by atoms with Crippen molar-refractivity contribution < 1.29 is 13.9 Å². The van der Waals surface area contributed by atoms with Gasteiger partial charge in [0.15, 0.2) is 0 Å². The Bertz CT molecular complexity index is 533. The zero-order valence-electron chi connectivity index (χ0n) is 11.3. The molecule has 1 unspecified atom stereocenters. The van der Waals surface area contributed by atoms with E-state index in [1.54, 1.807) is 20.0 Å². The molecule has 0 bridgehead atoms. The minimum atomic E-state index is -0.981. The van der Waals surface area contributed by atoms with Crippen LogP contribution >= 0.6 is 0 Å². The molecule has 8 heteroatoms. The number of anilines is 1. The van der Waals surface area contributed by atoms with Gasteiger partial charge in [0.1, 0.15) is 11.3 Å². The van der Waals surface area contributed by atoms with Crippen LogP contribution < -0.4 is 10.6 Å². The third-order valence-electron chi connectivity index (χ3n) is 2.67. The SMILES string of the molecule is CCS(=O)CCNC(=O)c1cccc(NC)c1[N+](=O)[O-]. The van der Waals surface area contributed by atoms with Crippen molar-refractivity contribution in [1.82, 2.24) is 5.32 Å². The molecule has 1 rings (SSSR count). The summed E-state index contributed by atoms with van der Waals surface area (Å²) in [7, 11) is 0.569. The lowest BCUT2D eigenvalue weighted by atomic mass is 10.1. The van der Waals surface area contributed by atoms with E-state index in [1.165, 1.54) is 12.1 Å². The lowest BCUT2D eigenvalue weighted by Gasteiger charge is -2.08. The highest BCUT2D eigenvalue weighted by atomic mass is 32.2. The van der Waals surface area contributed by atoms with Gasteiger partial charge in [-0.25, -0.2) is 0 Å². The Morgan fingerprint density at radius 1 is 1.45 bits per heavy atom. The van der Waals surface area contributed by atoms with E-state index < -0.39 is 21.6 Å². The average molecular weight is 299 g/mol. The van der Waals surface area contributed by atoms with Crippen LogP contribution in [0.25, 0.3) is 0 Å². The Kier molecular flexibility index (Phi) is 6.10. The Morgan fingerprint density at radius 3 is 2.70 bits per heavy atom. The number of hydrogen-bond donors (Lipinski definition) is 2. The first-order chi connectivity index (χ1) is 9.51. The topological polar surface area (TPSA) is 101 Å². The maximum Gasteiger partial charge on any atom is 0.305 e. The van der Waals surface area contributed by atoms with E-state index in [2.05, 4.69) is 10.6 Å². The minimum Gasteiger partial charge on any atom is -0.383 e. The van der Waals surface area contributed by atoms with Crippen LogP contribution in [0, 0.1) is 10.1 Å². The number of carbonyl (C=O) groups is 1. The molecule has 1 amide bonds. The van der Waals surface area contributed by atoms with Gasteiger partial charge in [-0.2, -0.15) is 0 Å². The number of nitrogens with zero attached hydrogens (tertiary/aromatic N) is 1. The molecule has 0 aliphatic carbocycles.